The topological polar surface area (TPSA) is 40.6 Å². The number of fused-ring (bicyclic) bond motifs is 3. The summed E-state index contributed by atoms with van der Waals surface area (Å²) in [6, 6.07) is 36.1. The molecule has 4 aromatic rings. The van der Waals surface area contributed by atoms with Crippen molar-refractivity contribution in [3.8, 4) is 0 Å². The zero-order chi connectivity index (χ0) is 24.9. The van der Waals surface area contributed by atoms with E-state index in [1.807, 2.05) is 42.5 Å². The SMILES string of the molecule is C[C@]12c3ccccc3N(Cc3ccccc3)[C@H]1N(S(=O)(=O)c1ccc(Br)cc1)C[C@H]2c1ccccc1. The number of nitrogens with zero attached hydrogens (tertiary/aromatic N) is 2. The van der Waals surface area contributed by atoms with Crippen molar-refractivity contribution in [2.45, 2.75) is 35.9 Å². The molecule has 4 aromatic carbocycles. The van der Waals surface area contributed by atoms with E-state index >= 15 is 0 Å². The van der Waals surface area contributed by atoms with Gasteiger partial charge in [-0.2, -0.15) is 4.31 Å². The quantitative estimate of drug-likeness (QED) is 0.279. The highest BCUT2D eigenvalue weighted by molar-refractivity contribution is 9.10. The first-order valence-corrected chi connectivity index (χ1v) is 14.4. The van der Waals surface area contributed by atoms with E-state index in [-0.39, 0.29) is 12.1 Å². The van der Waals surface area contributed by atoms with Crippen LogP contribution in [0.5, 0.6) is 0 Å². The maximum Gasteiger partial charge on any atom is 0.244 e. The van der Waals surface area contributed by atoms with Crippen molar-refractivity contribution in [1.29, 1.82) is 0 Å². The maximum absolute atomic E-state index is 14.2. The lowest BCUT2D eigenvalue weighted by molar-refractivity contribution is 0.313. The van der Waals surface area contributed by atoms with Gasteiger partial charge in [0, 0.05) is 34.6 Å². The number of sulfonamides is 1. The van der Waals surface area contributed by atoms with E-state index in [9.17, 15) is 8.42 Å². The van der Waals surface area contributed by atoms with Crippen molar-refractivity contribution in [2.75, 3.05) is 11.4 Å². The second-order valence-corrected chi connectivity index (χ2v) is 12.6. The summed E-state index contributed by atoms with van der Waals surface area (Å²) in [7, 11) is -3.76. The van der Waals surface area contributed by atoms with Crippen LogP contribution in [0, 0.1) is 0 Å². The Kier molecular flexibility index (Phi) is 5.78. The summed E-state index contributed by atoms with van der Waals surface area (Å²) in [4.78, 5) is 2.61. The Balaban J connectivity index is 1.55. The molecule has 0 spiro atoms. The van der Waals surface area contributed by atoms with Gasteiger partial charge in [-0.05, 0) is 47.0 Å². The van der Waals surface area contributed by atoms with Gasteiger partial charge in [-0.1, -0.05) is 102 Å². The molecule has 0 amide bonds. The Hall–Kier alpha value is -2.93. The van der Waals surface area contributed by atoms with Crippen LogP contribution in [0.3, 0.4) is 0 Å². The Bertz CT molecular complexity index is 1490. The monoisotopic (exact) mass is 558 g/mol. The summed E-state index contributed by atoms with van der Waals surface area (Å²) < 4.78 is 31.1. The molecular weight excluding hydrogens is 532 g/mol. The summed E-state index contributed by atoms with van der Waals surface area (Å²) in [5.74, 6) is 0.0100. The van der Waals surface area contributed by atoms with E-state index in [2.05, 4.69) is 70.2 Å². The standard InChI is InChI=1S/C30H27BrN2O2S/c1-30-26-14-8-9-15-28(26)32(20-22-10-4-2-5-11-22)29(30)33(21-27(30)23-12-6-3-7-13-23)36(34,35)25-18-16-24(31)17-19-25/h2-19,27,29H,20-21H2,1H3/t27-,29-,30+/m0/s1. The van der Waals surface area contributed by atoms with Crippen molar-refractivity contribution in [3.63, 3.8) is 0 Å². The third-order valence-corrected chi connectivity index (χ3v) is 10.2. The van der Waals surface area contributed by atoms with Crippen LogP contribution in [-0.4, -0.2) is 25.4 Å². The van der Waals surface area contributed by atoms with E-state index < -0.39 is 15.4 Å². The van der Waals surface area contributed by atoms with Crippen LogP contribution in [0.15, 0.2) is 119 Å². The number of para-hydroxylation sites is 1. The maximum atomic E-state index is 14.2. The Morgan fingerprint density at radius 2 is 1.44 bits per heavy atom. The molecule has 2 aliphatic rings. The average molecular weight is 560 g/mol. The first-order chi connectivity index (χ1) is 17.4. The molecule has 36 heavy (non-hydrogen) atoms. The summed E-state index contributed by atoms with van der Waals surface area (Å²) in [6.07, 6.45) is -0.353. The van der Waals surface area contributed by atoms with E-state index in [0.717, 1.165) is 21.3 Å². The molecule has 0 aromatic heterocycles. The zero-order valence-electron chi connectivity index (χ0n) is 20.0. The molecule has 2 heterocycles. The molecule has 0 N–H and O–H groups in total. The van der Waals surface area contributed by atoms with E-state index in [0.29, 0.717) is 18.0 Å². The third kappa shape index (κ3) is 3.62. The molecule has 3 atom stereocenters. The lowest BCUT2D eigenvalue weighted by atomic mass is 9.71. The van der Waals surface area contributed by atoms with E-state index in [4.69, 9.17) is 0 Å². The van der Waals surface area contributed by atoms with Crippen molar-refractivity contribution in [2.24, 2.45) is 0 Å². The predicted molar refractivity (Wildman–Crippen MR) is 147 cm³/mol. The number of hydrogen-bond acceptors (Lipinski definition) is 3. The van der Waals surface area contributed by atoms with E-state index in [1.54, 1.807) is 28.6 Å². The Labute approximate surface area is 221 Å². The summed E-state index contributed by atoms with van der Waals surface area (Å²) in [6.45, 7) is 3.30. The molecule has 6 rings (SSSR count). The summed E-state index contributed by atoms with van der Waals surface area (Å²) in [5.41, 5.74) is 4.20. The molecule has 1 saturated heterocycles. The molecule has 2 aliphatic heterocycles. The van der Waals surface area contributed by atoms with Crippen molar-refractivity contribution in [1.82, 2.24) is 4.31 Å². The highest BCUT2D eigenvalue weighted by atomic mass is 79.9. The lowest BCUT2D eigenvalue weighted by Crippen LogP contribution is -2.51. The molecule has 0 aliphatic carbocycles. The molecule has 182 valence electrons. The number of halogens is 1. The molecule has 0 saturated carbocycles. The number of anilines is 1. The smallest absolute Gasteiger partial charge is 0.244 e. The van der Waals surface area contributed by atoms with Gasteiger partial charge >= 0.3 is 0 Å². The van der Waals surface area contributed by atoms with Gasteiger partial charge in [0.25, 0.3) is 0 Å². The van der Waals surface area contributed by atoms with Gasteiger partial charge in [0.2, 0.25) is 10.0 Å². The van der Waals surface area contributed by atoms with Crippen molar-refractivity contribution < 1.29 is 8.42 Å². The van der Waals surface area contributed by atoms with Gasteiger partial charge in [0.05, 0.1) is 4.90 Å². The summed E-state index contributed by atoms with van der Waals surface area (Å²) >= 11 is 3.44. The number of rotatable bonds is 5. The fourth-order valence-electron chi connectivity index (χ4n) is 6.13. The molecule has 4 nitrogen and oxygen atoms in total. The van der Waals surface area contributed by atoms with Crippen LogP contribution in [0.4, 0.5) is 5.69 Å². The van der Waals surface area contributed by atoms with Crippen LogP contribution in [-0.2, 0) is 22.0 Å². The molecule has 0 radical (unpaired) electrons. The largest absolute Gasteiger partial charge is 0.349 e. The molecule has 6 heteroatoms. The normalized spacial score (nSPS) is 23.4. The van der Waals surface area contributed by atoms with Gasteiger partial charge in [-0.25, -0.2) is 8.42 Å². The van der Waals surface area contributed by atoms with Crippen molar-refractivity contribution in [3.05, 3.63) is 130 Å². The fourth-order valence-corrected chi connectivity index (χ4v) is 8.08. The highest BCUT2D eigenvalue weighted by Gasteiger charge is 2.62. The van der Waals surface area contributed by atoms with Crippen LogP contribution < -0.4 is 4.90 Å². The minimum atomic E-state index is -3.76. The molecular formula is C30H27BrN2O2S. The van der Waals surface area contributed by atoms with Crippen LogP contribution >= 0.6 is 15.9 Å². The van der Waals surface area contributed by atoms with Crippen LogP contribution in [0.25, 0.3) is 0 Å². The Morgan fingerprint density at radius 3 is 2.14 bits per heavy atom. The van der Waals surface area contributed by atoms with Gasteiger partial charge in [-0.15, -0.1) is 0 Å². The minimum absolute atomic E-state index is 0.0100. The van der Waals surface area contributed by atoms with Gasteiger partial charge < -0.3 is 4.90 Å². The number of hydrogen-bond donors (Lipinski definition) is 0. The zero-order valence-corrected chi connectivity index (χ0v) is 22.4. The fraction of sp³-hybridized carbons (Fsp3) is 0.200. The minimum Gasteiger partial charge on any atom is -0.349 e. The first-order valence-electron chi connectivity index (χ1n) is 12.1. The summed E-state index contributed by atoms with van der Waals surface area (Å²) in [5, 5.41) is 0. The predicted octanol–water partition coefficient (Wildman–Crippen LogP) is 6.54. The van der Waals surface area contributed by atoms with Gasteiger partial charge in [0.1, 0.15) is 6.17 Å². The van der Waals surface area contributed by atoms with Gasteiger partial charge in [-0.3, -0.25) is 0 Å². The molecule has 0 unspecified atom stereocenters. The number of benzene rings is 4. The van der Waals surface area contributed by atoms with Crippen LogP contribution in [0.1, 0.15) is 29.5 Å². The second-order valence-electron chi connectivity index (χ2n) is 9.78. The first kappa shape index (κ1) is 23.5. The van der Waals surface area contributed by atoms with Gasteiger partial charge in [0.15, 0.2) is 0 Å². The molecule has 1 fully saturated rings. The molecule has 0 bridgehead atoms. The average Bonchev–Trinajstić information content (AvgIpc) is 3.35. The van der Waals surface area contributed by atoms with Crippen molar-refractivity contribution >= 4 is 31.6 Å². The Morgan fingerprint density at radius 1 is 0.833 bits per heavy atom. The second kappa shape index (κ2) is 8.87. The van der Waals surface area contributed by atoms with Crippen LogP contribution in [0.2, 0.25) is 0 Å². The highest BCUT2D eigenvalue weighted by Crippen LogP contribution is 2.59. The van der Waals surface area contributed by atoms with E-state index in [1.165, 1.54) is 5.56 Å². The lowest BCUT2D eigenvalue weighted by Gasteiger charge is -2.37. The third-order valence-electron chi connectivity index (χ3n) is 7.80.